The van der Waals surface area contributed by atoms with E-state index in [4.69, 9.17) is 10.5 Å². The van der Waals surface area contributed by atoms with Crippen LogP contribution in [0.5, 0.6) is 0 Å². The number of amides is 2. The molecule has 0 spiro atoms. The Hall–Kier alpha value is -3.65. The van der Waals surface area contributed by atoms with E-state index in [9.17, 15) is 22.8 Å². The molecular weight excluding hydrogens is 323 g/mol. The Labute approximate surface area is 132 Å². The van der Waals surface area contributed by atoms with E-state index in [0.717, 1.165) is 6.07 Å². The highest BCUT2D eigenvalue weighted by atomic mass is 19.2. The van der Waals surface area contributed by atoms with Crippen LogP contribution in [-0.4, -0.2) is 11.8 Å². The number of carbonyl (C=O) groups is 2. The quantitative estimate of drug-likeness (QED) is 0.595. The molecule has 0 saturated carbocycles. The van der Waals surface area contributed by atoms with Crippen LogP contribution in [0.3, 0.4) is 0 Å². The lowest BCUT2D eigenvalue weighted by molar-refractivity contribution is 0.0924. The molecular formula is C16H4F3N3O2. The zero-order valence-electron chi connectivity index (χ0n) is 11.6. The maximum absolute atomic E-state index is 14.5. The number of imide groups is 1. The second-order valence-corrected chi connectivity index (χ2v) is 4.76. The summed E-state index contributed by atoms with van der Waals surface area (Å²) in [5.41, 5.74) is -3.71. The van der Waals surface area contributed by atoms with Crippen molar-refractivity contribution in [1.82, 2.24) is 0 Å². The van der Waals surface area contributed by atoms with Gasteiger partial charge in [0.25, 0.3) is 11.8 Å². The van der Waals surface area contributed by atoms with Gasteiger partial charge in [-0.15, -0.1) is 0 Å². The highest BCUT2D eigenvalue weighted by Gasteiger charge is 2.41. The molecule has 0 unspecified atom stereocenters. The SMILES string of the molecule is N#Cc1c(F)c(F)c(C#N)c(N2C(=O)c3ccccc3C2=O)c1F. The predicted molar refractivity (Wildman–Crippen MR) is 73.3 cm³/mol. The number of fused-ring (bicyclic) bond motifs is 1. The van der Waals surface area contributed by atoms with Crippen molar-refractivity contribution in [2.75, 3.05) is 4.90 Å². The number of hydrogen-bond donors (Lipinski definition) is 0. The third kappa shape index (κ3) is 1.80. The van der Waals surface area contributed by atoms with Crippen molar-refractivity contribution in [3.8, 4) is 12.1 Å². The zero-order chi connectivity index (χ0) is 17.6. The Balaban J connectivity index is 2.36. The van der Waals surface area contributed by atoms with Gasteiger partial charge in [-0.05, 0) is 12.1 Å². The van der Waals surface area contributed by atoms with Crippen molar-refractivity contribution < 1.29 is 22.8 Å². The van der Waals surface area contributed by atoms with E-state index in [1.807, 2.05) is 0 Å². The second-order valence-electron chi connectivity index (χ2n) is 4.76. The van der Waals surface area contributed by atoms with E-state index >= 15 is 0 Å². The Bertz CT molecular complexity index is 984. The topological polar surface area (TPSA) is 85.0 Å². The summed E-state index contributed by atoms with van der Waals surface area (Å²) in [5, 5.41) is 17.8. The van der Waals surface area contributed by atoms with E-state index in [1.54, 1.807) is 0 Å². The van der Waals surface area contributed by atoms with Crippen LogP contribution < -0.4 is 4.90 Å². The number of nitrogens with zero attached hydrogens (tertiary/aromatic N) is 3. The average molecular weight is 327 g/mol. The smallest absolute Gasteiger partial charge is 0.266 e. The summed E-state index contributed by atoms with van der Waals surface area (Å²) in [4.78, 5) is 24.9. The lowest BCUT2D eigenvalue weighted by Gasteiger charge is -2.17. The van der Waals surface area contributed by atoms with Gasteiger partial charge in [-0.25, -0.2) is 18.1 Å². The molecule has 1 aliphatic rings. The fourth-order valence-corrected chi connectivity index (χ4v) is 2.45. The minimum absolute atomic E-state index is 0.0750. The molecule has 1 aliphatic heterocycles. The van der Waals surface area contributed by atoms with Crippen molar-refractivity contribution in [2.45, 2.75) is 0 Å². The van der Waals surface area contributed by atoms with Crippen molar-refractivity contribution in [3.63, 3.8) is 0 Å². The minimum atomic E-state index is -1.85. The van der Waals surface area contributed by atoms with Gasteiger partial charge < -0.3 is 0 Å². The van der Waals surface area contributed by atoms with E-state index < -0.39 is 46.1 Å². The molecule has 2 aromatic rings. The number of anilines is 1. The van der Waals surface area contributed by atoms with Crippen LogP contribution in [0.1, 0.15) is 31.8 Å². The van der Waals surface area contributed by atoms with Gasteiger partial charge in [-0.3, -0.25) is 9.59 Å². The fourth-order valence-electron chi connectivity index (χ4n) is 2.45. The third-order valence-corrected chi connectivity index (χ3v) is 3.54. The Morgan fingerprint density at radius 3 is 1.71 bits per heavy atom. The predicted octanol–water partition coefficient (Wildman–Crippen LogP) is 2.65. The van der Waals surface area contributed by atoms with Gasteiger partial charge in [0.2, 0.25) is 0 Å². The maximum atomic E-state index is 14.5. The second kappa shape index (κ2) is 5.21. The van der Waals surface area contributed by atoms with Gasteiger partial charge >= 0.3 is 0 Å². The first-order chi connectivity index (χ1) is 11.4. The Morgan fingerprint density at radius 2 is 1.25 bits per heavy atom. The first-order valence-electron chi connectivity index (χ1n) is 6.42. The molecule has 24 heavy (non-hydrogen) atoms. The number of nitriles is 2. The summed E-state index contributed by atoms with van der Waals surface area (Å²) in [7, 11) is 0. The van der Waals surface area contributed by atoms with Crippen LogP contribution in [0.25, 0.3) is 0 Å². The molecule has 0 N–H and O–H groups in total. The molecule has 2 aromatic carbocycles. The first kappa shape index (κ1) is 15.3. The number of rotatable bonds is 1. The van der Waals surface area contributed by atoms with Crippen molar-refractivity contribution in [3.05, 3.63) is 64.0 Å². The zero-order valence-corrected chi connectivity index (χ0v) is 11.6. The lowest BCUT2D eigenvalue weighted by Crippen LogP contribution is -2.32. The van der Waals surface area contributed by atoms with Crippen LogP contribution in [-0.2, 0) is 0 Å². The molecule has 0 fully saturated rings. The van der Waals surface area contributed by atoms with Crippen molar-refractivity contribution in [1.29, 1.82) is 10.5 Å². The van der Waals surface area contributed by atoms with Crippen LogP contribution in [0, 0.1) is 40.1 Å². The first-order valence-corrected chi connectivity index (χ1v) is 6.42. The van der Waals surface area contributed by atoms with Crippen LogP contribution in [0.2, 0.25) is 0 Å². The molecule has 5 nitrogen and oxygen atoms in total. The summed E-state index contributed by atoms with van der Waals surface area (Å²) in [5.74, 6) is -7.31. The molecule has 0 saturated heterocycles. The minimum Gasteiger partial charge on any atom is -0.268 e. The summed E-state index contributed by atoms with van der Waals surface area (Å²) in [6, 6.07) is 7.86. The summed E-state index contributed by atoms with van der Waals surface area (Å²) >= 11 is 0. The van der Waals surface area contributed by atoms with Gasteiger partial charge in [0.05, 0.1) is 11.1 Å². The number of halogens is 3. The summed E-state index contributed by atoms with van der Waals surface area (Å²) < 4.78 is 42.1. The maximum Gasteiger partial charge on any atom is 0.266 e. The standard InChI is InChI=1S/C16H4F3N3O2/c17-11-9(5-20)13(19)14(10(6-21)12(11)18)22-15(23)7-3-1-2-4-8(7)16(22)24/h1-4H. The number of hydrogen-bond acceptors (Lipinski definition) is 4. The van der Waals surface area contributed by atoms with Gasteiger partial charge in [-0.2, -0.15) is 10.5 Å². The number of carbonyl (C=O) groups excluding carboxylic acids is 2. The molecule has 116 valence electrons. The third-order valence-electron chi connectivity index (χ3n) is 3.54. The van der Waals surface area contributed by atoms with Gasteiger partial charge in [0.15, 0.2) is 17.5 Å². The average Bonchev–Trinajstić information content (AvgIpc) is 2.83. The lowest BCUT2D eigenvalue weighted by atomic mass is 10.1. The van der Waals surface area contributed by atoms with E-state index in [2.05, 4.69) is 0 Å². The molecule has 8 heteroatoms. The Kier molecular flexibility index (Phi) is 3.31. The van der Waals surface area contributed by atoms with E-state index in [0.29, 0.717) is 0 Å². The molecule has 3 rings (SSSR count). The van der Waals surface area contributed by atoms with E-state index in [1.165, 1.54) is 30.3 Å². The van der Waals surface area contributed by atoms with Crippen LogP contribution in [0.4, 0.5) is 18.9 Å². The summed E-state index contributed by atoms with van der Waals surface area (Å²) in [6.45, 7) is 0. The van der Waals surface area contributed by atoms with Crippen molar-refractivity contribution >= 4 is 17.5 Å². The molecule has 1 heterocycles. The highest BCUT2D eigenvalue weighted by molar-refractivity contribution is 6.34. The highest BCUT2D eigenvalue weighted by Crippen LogP contribution is 2.36. The fraction of sp³-hybridized carbons (Fsp3) is 0. The number of benzene rings is 2. The molecule has 0 aromatic heterocycles. The van der Waals surface area contributed by atoms with Gasteiger partial charge in [0.1, 0.15) is 29.0 Å². The normalized spacial score (nSPS) is 12.8. The van der Waals surface area contributed by atoms with Crippen molar-refractivity contribution in [2.24, 2.45) is 0 Å². The van der Waals surface area contributed by atoms with E-state index in [-0.39, 0.29) is 16.0 Å². The van der Waals surface area contributed by atoms with Gasteiger partial charge in [0, 0.05) is 0 Å². The summed E-state index contributed by atoms with van der Waals surface area (Å²) in [6.07, 6.45) is 0. The molecule has 0 aliphatic carbocycles. The van der Waals surface area contributed by atoms with Crippen LogP contribution >= 0.6 is 0 Å². The molecule has 0 radical (unpaired) electrons. The molecule has 0 bridgehead atoms. The van der Waals surface area contributed by atoms with Crippen LogP contribution in [0.15, 0.2) is 24.3 Å². The Morgan fingerprint density at radius 1 is 0.792 bits per heavy atom. The van der Waals surface area contributed by atoms with Gasteiger partial charge in [-0.1, -0.05) is 12.1 Å². The molecule has 2 amide bonds. The molecule has 0 atom stereocenters. The largest absolute Gasteiger partial charge is 0.268 e. The monoisotopic (exact) mass is 327 g/mol.